The van der Waals surface area contributed by atoms with Gasteiger partial charge in [0.05, 0.1) is 0 Å². The lowest BCUT2D eigenvalue weighted by Gasteiger charge is -2.21. The quantitative estimate of drug-likeness (QED) is 0.759. The molecule has 2 fully saturated rings. The van der Waals surface area contributed by atoms with Crippen molar-refractivity contribution in [2.24, 2.45) is 5.92 Å². The van der Waals surface area contributed by atoms with Crippen molar-refractivity contribution in [2.45, 2.75) is 57.4 Å². The van der Waals surface area contributed by atoms with Crippen LogP contribution in [0, 0.1) is 5.92 Å². The van der Waals surface area contributed by atoms with E-state index in [9.17, 15) is 0 Å². The first-order chi connectivity index (χ1) is 7.43. The Bertz CT molecular complexity index is 321. The highest BCUT2D eigenvalue weighted by Gasteiger charge is 2.27. The summed E-state index contributed by atoms with van der Waals surface area (Å²) in [7, 11) is 0. The molecule has 0 N–H and O–H groups in total. The highest BCUT2D eigenvalue weighted by Crippen LogP contribution is 2.36. The SMILES string of the molecule is c1nnc(CC2CCCCC2)n1C1CC1. The third kappa shape index (κ3) is 2.06. The monoisotopic (exact) mass is 205 g/mol. The standard InChI is InChI=1S/C12H19N3/c1-2-4-10(5-3-1)8-12-14-13-9-15(12)11-6-7-11/h9-11H,1-8H2. The molecule has 0 bridgehead atoms. The number of hydrogen-bond acceptors (Lipinski definition) is 2. The van der Waals surface area contributed by atoms with E-state index in [0.29, 0.717) is 0 Å². The Morgan fingerprint density at radius 1 is 1.13 bits per heavy atom. The van der Waals surface area contributed by atoms with Crippen LogP contribution in [-0.4, -0.2) is 14.8 Å². The molecular formula is C12H19N3. The van der Waals surface area contributed by atoms with Crippen LogP contribution in [0.3, 0.4) is 0 Å². The molecule has 0 unspecified atom stereocenters. The molecule has 0 aliphatic heterocycles. The molecular weight excluding hydrogens is 186 g/mol. The van der Waals surface area contributed by atoms with Gasteiger partial charge in [-0.3, -0.25) is 0 Å². The van der Waals surface area contributed by atoms with Crippen LogP contribution in [0.5, 0.6) is 0 Å². The molecule has 3 nitrogen and oxygen atoms in total. The number of rotatable bonds is 3. The molecule has 0 spiro atoms. The van der Waals surface area contributed by atoms with Crippen molar-refractivity contribution in [1.29, 1.82) is 0 Å². The maximum absolute atomic E-state index is 4.28. The maximum atomic E-state index is 4.28. The van der Waals surface area contributed by atoms with Crippen LogP contribution in [0.1, 0.15) is 56.8 Å². The summed E-state index contributed by atoms with van der Waals surface area (Å²) in [5.74, 6) is 2.12. The highest BCUT2D eigenvalue weighted by atomic mass is 15.3. The van der Waals surface area contributed by atoms with Crippen molar-refractivity contribution < 1.29 is 0 Å². The van der Waals surface area contributed by atoms with E-state index < -0.39 is 0 Å². The van der Waals surface area contributed by atoms with Gasteiger partial charge in [-0.05, 0) is 18.8 Å². The average Bonchev–Trinajstić information content (AvgIpc) is 3.02. The molecule has 2 aliphatic carbocycles. The molecule has 1 aromatic heterocycles. The Hall–Kier alpha value is -0.860. The summed E-state index contributed by atoms with van der Waals surface area (Å²) < 4.78 is 2.31. The average molecular weight is 205 g/mol. The first-order valence-electron chi connectivity index (χ1n) is 6.32. The summed E-state index contributed by atoms with van der Waals surface area (Å²) in [6.07, 6.45) is 12.8. The highest BCUT2D eigenvalue weighted by molar-refractivity contribution is 4.96. The molecule has 1 aromatic rings. The van der Waals surface area contributed by atoms with Gasteiger partial charge in [0, 0.05) is 12.5 Å². The van der Waals surface area contributed by atoms with Crippen LogP contribution in [0.2, 0.25) is 0 Å². The van der Waals surface area contributed by atoms with Gasteiger partial charge in [-0.15, -0.1) is 10.2 Å². The van der Waals surface area contributed by atoms with Gasteiger partial charge in [0.2, 0.25) is 0 Å². The number of aromatic nitrogens is 3. The molecule has 15 heavy (non-hydrogen) atoms. The zero-order chi connectivity index (χ0) is 10.1. The van der Waals surface area contributed by atoms with Crippen LogP contribution in [0.25, 0.3) is 0 Å². The van der Waals surface area contributed by atoms with Crippen molar-refractivity contribution >= 4 is 0 Å². The van der Waals surface area contributed by atoms with Crippen molar-refractivity contribution in [3.05, 3.63) is 12.2 Å². The molecule has 0 amide bonds. The van der Waals surface area contributed by atoms with Gasteiger partial charge in [-0.1, -0.05) is 32.1 Å². The lowest BCUT2D eigenvalue weighted by Crippen LogP contribution is -2.12. The third-order valence-corrected chi connectivity index (χ3v) is 3.78. The lowest BCUT2D eigenvalue weighted by molar-refractivity contribution is 0.347. The van der Waals surface area contributed by atoms with E-state index >= 15 is 0 Å². The molecule has 0 atom stereocenters. The lowest BCUT2D eigenvalue weighted by atomic mass is 9.87. The number of hydrogen-bond donors (Lipinski definition) is 0. The second-order valence-corrected chi connectivity index (χ2v) is 5.09. The molecule has 3 heteroatoms. The van der Waals surface area contributed by atoms with Gasteiger partial charge in [0.25, 0.3) is 0 Å². The summed E-state index contributed by atoms with van der Waals surface area (Å²) in [4.78, 5) is 0. The molecule has 0 saturated heterocycles. The van der Waals surface area contributed by atoms with E-state index in [2.05, 4.69) is 14.8 Å². The van der Waals surface area contributed by atoms with Crippen LogP contribution >= 0.6 is 0 Å². The molecule has 0 aromatic carbocycles. The summed E-state index contributed by atoms with van der Waals surface area (Å²) in [5, 5.41) is 8.35. The molecule has 1 heterocycles. The van der Waals surface area contributed by atoms with Crippen LogP contribution in [0.15, 0.2) is 6.33 Å². The van der Waals surface area contributed by atoms with Crippen LogP contribution in [0.4, 0.5) is 0 Å². The molecule has 82 valence electrons. The Kier molecular flexibility index (Phi) is 2.47. The van der Waals surface area contributed by atoms with Crippen molar-refractivity contribution in [3.63, 3.8) is 0 Å². The second-order valence-electron chi connectivity index (χ2n) is 5.09. The van der Waals surface area contributed by atoms with Crippen molar-refractivity contribution in [1.82, 2.24) is 14.8 Å². The van der Waals surface area contributed by atoms with Gasteiger partial charge in [-0.2, -0.15) is 0 Å². The minimum atomic E-state index is 0.735. The van der Waals surface area contributed by atoms with Crippen LogP contribution < -0.4 is 0 Å². The van der Waals surface area contributed by atoms with Gasteiger partial charge < -0.3 is 4.57 Å². The Labute approximate surface area is 90.9 Å². The van der Waals surface area contributed by atoms with E-state index in [4.69, 9.17) is 0 Å². The zero-order valence-electron chi connectivity index (χ0n) is 9.23. The molecule has 2 aliphatic rings. The van der Waals surface area contributed by atoms with Crippen molar-refractivity contribution in [2.75, 3.05) is 0 Å². The summed E-state index contributed by atoms with van der Waals surface area (Å²) >= 11 is 0. The fourth-order valence-electron chi connectivity index (χ4n) is 2.72. The maximum Gasteiger partial charge on any atom is 0.133 e. The summed E-state index contributed by atoms with van der Waals surface area (Å²) in [6.45, 7) is 0. The van der Waals surface area contributed by atoms with Gasteiger partial charge in [-0.25, -0.2) is 0 Å². The van der Waals surface area contributed by atoms with Gasteiger partial charge in [0.15, 0.2) is 0 Å². The Balaban J connectivity index is 1.67. The molecule has 3 rings (SSSR count). The summed E-state index contributed by atoms with van der Waals surface area (Å²) in [6, 6.07) is 0.735. The summed E-state index contributed by atoms with van der Waals surface area (Å²) in [5.41, 5.74) is 0. The van der Waals surface area contributed by atoms with Gasteiger partial charge >= 0.3 is 0 Å². The predicted molar refractivity (Wildman–Crippen MR) is 58.6 cm³/mol. The normalized spacial score (nSPS) is 23.2. The Morgan fingerprint density at radius 3 is 2.67 bits per heavy atom. The van der Waals surface area contributed by atoms with E-state index in [0.717, 1.165) is 18.4 Å². The van der Waals surface area contributed by atoms with Gasteiger partial charge in [0.1, 0.15) is 12.2 Å². The first kappa shape index (κ1) is 9.37. The molecule has 0 radical (unpaired) electrons. The largest absolute Gasteiger partial charge is 0.314 e. The topological polar surface area (TPSA) is 30.7 Å². The Morgan fingerprint density at radius 2 is 1.93 bits per heavy atom. The van der Waals surface area contributed by atoms with Crippen molar-refractivity contribution in [3.8, 4) is 0 Å². The third-order valence-electron chi connectivity index (χ3n) is 3.78. The minimum absolute atomic E-state index is 0.735. The fraction of sp³-hybridized carbons (Fsp3) is 0.833. The van der Waals surface area contributed by atoms with E-state index in [1.807, 2.05) is 6.33 Å². The fourth-order valence-corrected chi connectivity index (χ4v) is 2.72. The van der Waals surface area contributed by atoms with E-state index in [1.54, 1.807) is 0 Å². The zero-order valence-corrected chi connectivity index (χ0v) is 9.23. The minimum Gasteiger partial charge on any atom is -0.314 e. The second kappa shape index (κ2) is 3.95. The van der Waals surface area contributed by atoms with E-state index in [1.165, 1.54) is 50.8 Å². The predicted octanol–water partition coefficient (Wildman–Crippen LogP) is 2.74. The smallest absolute Gasteiger partial charge is 0.133 e. The molecule has 2 saturated carbocycles. The first-order valence-corrected chi connectivity index (χ1v) is 6.32. The number of nitrogens with zero attached hydrogens (tertiary/aromatic N) is 3. The van der Waals surface area contributed by atoms with Crippen LogP contribution in [-0.2, 0) is 6.42 Å². The van der Waals surface area contributed by atoms with E-state index in [-0.39, 0.29) is 0 Å².